The van der Waals surface area contributed by atoms with Gasteiger partial charge in [-0.1, -0.05) is 18.5 Å². The average molecular weight is 286 g/mol. The Bertz CT molecular complexity index is 406. The Hall–Kier alpha value is -0.870. The number of pyridine rings is 1. The van der Waals surface area contributed by atoms with Crippen LogP contribution in [0.3, 0.4) is 0 Å². The number of aromatic nitrogens is 1. The van der Waals surface area contributed by atoms with Gasteiger partial charge in [0.25, 0.3) is 0 Å². The lowest BCUT2D eigenvalue weighted by Crippen LogP contribution is -2.38. The monoisotopic (exact) mass is 285 g/mol. The highest BCUT2D eigenvalue weighted by atomic mass is 35.5. The van der Waals surface area contributed by atoms with Gasteiger partial charge in [0, 0.05) is 19.3 Å². The molecule has 0 spiro atoms. The van der Waals surface area contributed by atoms with Crippen molar-refractivity contribution in [1.29, 1.82) is 0 Å². The molecule has 19 heavy (non-hydrogen) atoms. The summed E-state index contributed by atoms with van der Waals surface area (Å²) in [4.78, 5) is 6.12. The second-order valence-electron chi connectivity index (χ2n) is 5.09. The van der Waals surface area contributed by atoms with Crippen molar-refractivity contribution in [2.24, 2.45) is 5.92 Å². The van der Waals surface area contributed by atoms with E-state index in [9.17, 15) is 4.39 Å². The molecule has 2 heterocycles. The molecule has 1 aliphatic rings. The number of rotatable bonds is 5. The molecule has 5 heteroatoms. The van der Waals surface area contributed by atoms with E-state index in [1.807, 2.05) is 4.90 Å². The zero-order valence-electron chi connectivity index (χ0n) is 11.3. The van der Waals surface area contributed by atoms with E-state index in [0.717, 1.165) is 39.0 Å². The lowest BCUT2D eigenvalue weighted by molar-refractivity contribution is 0.380. The van der Waals surface area contributed by atoms with Crippen LogP contribution in [0.15, 0.2) is 12.3 Å². The normalized spacial score (nSPS) is 16.9. The van der Waals surface area contributed by atoms with E-state index >= 15 is 0 Å². The van der Waals surface area contributed by atoms with Crippen LogP contribution in [-0.4, -0.2) is 31.2 Å². The number of piperidine rings is 1. The summed E-state index contributed by atoms with van der Waals surface area (Å²) in [6.45, 7) is 6.05. The summed E-state index contributed by atoms with van der Waals surface area (Å²) in [6, 6.07) is 1.33. The highest BCUT2D eigenvalue weighted by Crippen LogP contribution is 2.25. The summed E-state index contributed by atoms with van der Waals surface area (Å²) in [5.74, 6) is 0.803. The summed E-state index contributed by atoms with van der Waals surface area (Å²) in [5.41, 5.74) is 0. The molecule has 1 saturated heterocycles. The molecule has 1 aromatic rings. The first-order chi connectivity index (χ1) is 9.20. The third-order valence-corrected chi connectivity index (χ3v) is 3.77. The van der Waals surface area contributed by atoms with Crippen LogP contribution < -0.4 is 10.2 Å². The third-order valence-electron chi connectivity index (χ3n) is 3.56. The van der Waals surface area contributed by atoms with Crippen molar-refractivity contribution in [1.82, 2.24) is 10.3 Å². The predicted octanol–water partition coefficient (Wildman–Crippen LogP) is 3.09. The van der Waals surface area contributed by atoms with Crippen molar-refractivity contribution in [3.63, 3.8) is 0 Å². The summed E-state index contributed by atoms with van der Waals surface area (Å²) >= 11 is 5.72. The first kappa shape index (κ1) is 14.5. The van der Waals surface area contributed by atoms with E-state index in [2.05, 4.69) is 17.2 Å². The molecule has 1 aliphatic heterocycles. The Morgan fingerprint density at radius 2 is 2.21 bits per heavy atom. The van der Waals surface area contributed by atoms with Gasteiger partial charge < -0.3 is 10.2 Å². The lowest BCUT2D eigenvalue weighted by Gasteiger charge is -2.33. The molecule has 106 valence electrons. The molecule has 3 nitrogen and oxygen atoms in total. The van der Waals surface area contributed by atoms with Gasteiger partial charge in [-0.25, -0.2) is 9.37 Å². The maximum Gasteiger partial charge on any atom is 0.167 e. The van der Waals surface area contributed by atoms with Gasteiger partial charge in [0.2, 0.25) is 0 Å². The molecule has 0 aromatic carbocycles. The van der Waals surface area contributed by atoms with Crippen molar-refractivity contribution < 1.29 is 4.39 Å². The smallest absolute Gasteiger partial charge is 0.167 e. The Balaban J connectivity index is 1.85. The van der Waals surface area contributed by atoms with Crippen LogP contribution in [-0.2, 0) is 0 Å². The fourth-order valence-corrected chi connectivity index (χ4v) is 2.62. The summed E-state index contributed by atoms with van der Waals surface area (Å²) in [6.07, 6.45) is 4.84. The Labute approximate surface area is 119 Å². The largest absolute Gasteiger partial charge is 0.354 e. The first-order valence-corrected chi connectivity index (χ1v) is 7.35. The third kappa shape index (κ3) is 4.05. The molecular weight excluding hydrogens is 265 g/mol. The van der Waals surface area contributed by atoms with E-state index in [4.69, 9.17) is 11.6 Å². The van der Waals surface area contributed by atoms with E-state index in [1.165, 1.54) is 18.7 Å². The van der Waals surface area contributed by atoms with E-state index in [0.29, 0.717) is 16.8 Å². The summed E-state index contributed by atoms with van der Waals surface area (Å²) in [5, 5.41) is 3.80. The van der Waals surface area contributed by atoms with Gasteiger partial charge in [0.1, 0.15) is 0 Å². The molecule has 0 radical (unpaired) electrons. The number of nitrogens with zero attached hydrogens (tertiary/aromatic N) is 2. The van der Waals surface area contributed by atoms with Gasteiger partial charge in [-0.2, -0.15) is 0 Å². The fraction of sp³-hybridized carbons (Fsp3) is 0.643. The van der Waals surface area contributed by atoms with Crippen molar-refractivity contribution in [2.75, 3.05) is 31.1 Å². The number of nitrogens with one attached hydrogen (secondary N) is 1. The van der Waals surface area contributed by atoms with Crippen LogP contribution in [0.25, 0.3) is 0 Å². The van der Waals surface area contributed by atoms with Crippen molar-refractivity contribution in [3.8, 4) is 0 Å². The van der Waals surface area contributed by atoms with Crippen LogP contribution in [0.4, 0.5) is 10.2 Å². The number of hydrogen-bond donors (Lipinski definition) is 1. The minimum Gasteiger partial charge on any atom is -0.354 e. The number of anilines is 1. The zero-order valence-corrected chi connectivity index (χ0v) is 12.1. The van der Waals surface area contributed by atoms with Gasteiger partial charge in [-0.05, 0) is 44.3 Å². The first-order valence-electron chi connectivity index (χ1n) is 6.97. The van der Waals surface area contributed by atoms with Crippen LogP contribution in [0, 0.1) is 11.7 Å². The van der Waals surface area contributed by atoms with Crippen molar-refractivity contribution >= 4 is 17.4 Å². The highest BCUT2D eigenvalue weighted by molar-refractivity contribution is 6.30. The minimum absolute atomic E-state index is 0.324. The molecule has 1 aromatic heterocycles. The second-order valence-corrected chi connectivity index (χ2v) is 5.53. The maximum atomic E-state index is 13.8. The summed E-state index contributed by atoms with van der Waals surface area (Å²) in [7, 11) is 0. The molecule has 0 bridgehead atoms. The van der Waals surface area contributed by atoms with Crippen molar-refractivity contribution in [3.05, 3.63) is 23.1 Å². The average Bonchev–Trinajstić information content (AvgIpc) is 2.40. The molecule has 0 unspecified atom stereocenters. The summed E-state index contributed by atoms with van der Waals surface area (Å²) < 4.78 is 13.8. The highest BCUT2D eigenvalue weighted by Gasteiger charge is 2.21. The SMILES string of the molecule is CCCNCC1CCN(c2ncc(Cl)cc2F)CC1. The molecule has 2 rings (SSSR count). The van der Waals surface area contributed by atoms with Crippen molar-refractivity contribution in [2.45, 2.75) is 26.2 Å². The molecule has 0 amide bonds. The maximum absolute atomic E-state index is 13.8. The zero-order chi connectivity index (χ0) is 13.7. The van der Waals surface area contributed by atoms with Gasteiger partial charge in [0.05, 0.1) is 5.02 Å². The number of halogens is 2. The van der Waals surface area contributed by atoms with Gasteiger partial charge >= 0.3 is 0 Å². The molecule has 1 fully saturated rings. The van der Waals surface area contributed by atoms with E-state index in [-0.39, 0.29) is 5.82 Å². The van der Waals surface area contributed by atoms with Crippen LogP contribution in [0.2, 0.25) is 5.02 Å². The van der Waals surface area contributed by atoms with Gasteiger partial charge in [0.15, 0.2) is 11.6 Å². The number of hydrogen-bond acceptors (Lipinski definition) is 3. The predicted molar refractivity (Wildman–Crippen MR) is 77.3 cm³/mol. The quantitative estimate of drug-likeness (QED) is 0.843. The topological polar surface area (TPSA) is 28.2 Å². The molecular formula is C14H21ClFN3. The van der Waals surface area contributed by atoms with Gasteiger partial charge in [-0.3, -0.25) is 0 Å². The second kappa shape index (κ2) is 7.06. The lowest BCUT2D eigenvalue weighted by atomic mass is 9.96. The fourth-order valence-electron chi connectivity index (χ4n) is 2.47. The Morgan fingerprint density at radius 1 is 1.47 bits per heavy atom. The van der Waals surface area contributed by atoms with E-state index in [1.54, 1.807) is 0 Å². The Kier molecular flexibility index (Phi) is 5.40. The molecule has 0 saturated carbocycles. The van der Waals surface area contributed by atoms with Gasteiger partial charge in [-0.15, -0.1) is 0 Å². The van der Waals surface area contributed by atoms with Crippen LogP contribution >= 0.6 is 11.6 Å². The van der Waals surface area contributed by atoms with Crippen LogP contribution in [0.5, 0.6) is 0 Å². The molecule has 0 atom stereocenters. The molecule has 0 aliphatic carbocycles. The Morgan fingerprint density at radius 3 is 2.84 bits per heavy atom. The minimum atomic E-state index is -0.324. The van der Waals surface area contributed by atoms with Crippen LogP contribution in [0.1, 0.15) is 26.2 Å². The molecule has 1 N–H and O–H groups in total. The van der Waals surface area contributed by atoms with E-state index < -0.39 is 0 Å². The standard InChI is InChI=1S/C14H21ClFN3/c1-2-5-17-9-11-3-6-19(7-4-11)14-13(16)8-12(15)10-18-14/h8,10-11,17H,2-7,9H2,1H3.